The molecule has 0 N–H and O–H groups in total. The van der Waals surface area contributed by atoms with Crippen LogP contribution in [-0.2, 0) is 0 Å². The maximum atomic E-state index is 6.51. The van der Waals surface area contributed by atoms with Crippen LogP contribution < -0.4 is 4.90 Å². The molecule has 3 nitrogen and oxygen atoms in total. The van der Waals surface area contributed by atoms with Crippen molar-refractivity contribution in [2.75, 3.05) is 4.90 Å². The molecule has 0 saturated carbocycles. The van der Waals surface area contributed by atoms with Crippen molar-refractivity contribution in [2.24, 2.45) is 0 Å². The molecular formula is C50H32N2O. The molecule has 0 aliphatic heterocycles. The lowest BCUT2D eigenvalue weighted by atomic mass is 10.0. The van der Waals surface area contributed by atoms with Gasteiger partial charge in [-0.3, -0.25) is 0 Å². The minimum Gasteiger partial charge on any atom is -0.455 e. The van der Waals surface area contributed by atoms with E-state index >= 15 is 0 Å². The molecule has 0 spiro atoms. The summed E-state index contributed by atoms with van der Waals surface area (Å²) in [5.41, 5.74) is 11.1. The minimum atomic E-state index is 0.886. The molecule has 2 heterocycles. The highest BCUT2D eigenvalue weighted by atomic mass is 16.3. The Hall–Kier alpha value is -7.10. The van der Waals surface area contributed by atoms with Crippen LogP contribution in [0.2, 0.25) is 0 Å². The highest BCUT2D eigenvalue weighted by molar-refractivity contribution is 6.16. The molecule has 0 atom stereocenters. The molecule has 11 rings (SSSR count). The maximum Gasteiger partial charge on any atom is 0.143 e. The molecule has 2 aromatic heterocycles. The Morgan fingerprint density at radius 3 is 1.89 bits per heavy atom. The second-order valence-corrected chi connectivity index (χ2v) is 13.7. The topological polar surface area (TPSA) is 21.3 Å². The Morgan fingerprint density at radius 1 is 0.377 bits per heavy atom. The lowest BCUT2D eigenvalue weighted by molar-refractivity contribution is 0.672. The molecule has 3 heteroatoms. The van der Waals surface area contributed by atoms with Gasteiger partial charge in [0.1, 0.15) is 11.2 Å². The third-order valence-electron chi connectivity index (χ3n) is 10.8. The molecule has 0 aliphatic carbocycles. The van der Waals surface area contributed by atoms with Crippen molar-refractivity contribution in [1.29, 1.82) is 0 Å². The third kappa shape index (κ3) is 4.68. The normalized spacial score (nSPS) is 11.8. The second-order valence-electron chi connectivity index (χ2n) is 13.7. The smallest absolute Gasteiger partial charge is 0.143 e. The van der Waals surface area contributed by atoms with Crippen molar-refractivity contribution >= 4 is 82.4 Å². The molecule has 11 aromatic rings. The fraction of sp³-hybridized carbons (Fsp3) is 0. The van der Waals surface area contributed by atoms with E-state index in [2.05, 4.69) is 204 Å². The number of hydrogen-bond acceptors (Lipinski definition) is 2. The molecule has 9 aromatic carbocycles. The molecule has 0 bridgehead atoms. The van der Waals surface area contributed by atoms with Gasteiger partial charge in [-0.15, -0.1) is 0 Å². The summed E-state index contributed by atoms with van der Waals surface area (Å²) in [6, 6.07) is 69.8. The van der Waals surface area contributed by atoms with Gasteiger partial charge in [0.2, 0.25) is 0 Å². The number of rotatable bonds is 5. The van der Waals surface area contributed by atoms with Crippen molar-refractivity contribution in [3.63, 3.8) is 0 Å². The number of nitrogens with zero attached hydrogens (tertiary/aromatic N) is 2. The van der Waals surface area contributed by atoms with Crippen LogP contribution in [0.3, 0.4) is 0 Å². The Balaban J connectivity index is 1.06. The average molecular weight is 677 g/mol. The molecule has 0 radical (unpaired) electrons. The average Bonchev–Trinajstić information content (AvgIpc) is 3.77. The lowest BCUT2D eigenvalue weighted by Gasteiger charge is -2.27. The number of aromatic nitrogens is 1. The number of benzene rings is 9. The first-order valence-electron chi connectivity index (χ1n) is 18.1. The van der Waals surface area contributed by atoms with Gasteiger partial charge in [-0.1, -0.05) is 121 Å². The summed E-state index contributed by atoms with van der Waals surface area (Å²) in [6.45, 7) is 0. The van der Waals surface area contributed by atoms with Gasteiger partial charge < -0.3 is 13.9 Å². The van der Waals surface area contributed by atoms with Crippen molar-refractivity contribution in [2.45, 2.75) is 0 Å². The van der Waals surface area contributed by atoms with Crippen molar-refractivity contribution < 1.29 is 4.42 Å². The highest BCUT2D eigenvalue weighted by Crippen LogP contribution is 2.43. The number of hydrogen-bond donors (Lipinski definition) is 0. The van der Waals surface area contributed by atoms with Gasteiger partial charge in [-0.05, 0) is 94.7 Å². The van der Waals surface area contributed by atoms with E-state index in [1.165, 1.54) is 54.8 Å². The second kappa shape index (κ2) is 11.7. The van der Waals surface area contributed by atoms with E-state index < -0.39 is 0 Å². The van der Waals surface area contributed by atoms with Crippen LogP contribution in [0.5, 0.6) is 0 Å². The zero-order valence-corrected chi connectivity index (χ0v) is 28.8. The van der Waals surface area contributed by atoms with Crippen LogP contribution in [0.4, 0.5) is 17.1 Å². The van der Waals surface area contributed by atoms with Crippen LogP contribution >= 0.6 is 0 Å². The predicted octanol–water partition coefficient (Wildman–Crippen LogP) is 14.1. The number of anilines is 3. The van der Waals surface area contributed by atoms with Crippen LogP contribution in [-0.4, -0.2) is 4.57 Å². The summed E-state index contributed by atoms with van der Waals surface area (Å²) in [5.74, 6) is 0. The fourth-order valence-corrected chi connectivity index (χ4v) is 8.27. The Morgan fingerprint density at radius 2 is 1.04 bits per heavy atom. The zero-order valence-electron chi connectivity index (χ0n) is 28.8. The zero-order chi connectivity index (χ0) is 34.9. The summed E-state index contributed by atoms with van der Waals surface area (Å²) in [7, 11) is 0. The van der Waals surface area contributed by atoms with Gasteiger partial charge in [-0.25, -0.2) is 0 Å². The van der Waals surface area contributed by atoms with Gasteiger partial charge in [-0.2, -0.15) is 0 Å². The van der Waals surface area contributed by atoms with E-state index in [4.69, 9.17) is 4.42 Å². The molecular weight excluding hydrogens is 645 g/mol. The first kappa shape index (κ1) is 29.6. The first-order chi connectivity index (χ1) is 26.3. The number of furan rings is 1. The summed E-state index contributed by atoms with van der Waals surface area (Å²) in [6.07, 6.45) is 0. The van der Waals surface area contributed by atoms with Crippen molar-refractivity contribution in [3.8, 4) is 16.8 Å². The molecule has 0 aliphatic rings. The van der Waals surface area contributed by atoms with Gasteiger partial charge in [0, 0.05) is 49.4 Å². The molecule has 0 unspecified atom stereocenters. The van der Waals surface area contributed by atoms with Crippen LogP contribution in [0.25, 0.3) is 82.1 Å². The fourth-order valence-electron chi connectivity index (χ4n) is 8.27. The SMILES string of the molecule is c1ccc(-n2c3ccccc3c3cc(-c4ccc(N(c5ccc6oc7c8ccccc8ccc7c6c5)c5cccc6ccccc56)cc4)ccc32)cc1. The molecule has 0 fully saturated rings. The summed E-state index contributed by atoms with van der Waals surface area (Å²) in [4.78, 5) is 2.38. The minimum absolute atomic E-state index is 0.886. The molecule has 53 heavy (non-hydrogen) atoms. The Kier molecular flexibility index (Phi) is 6.55. The predicted molar refractivity (Wildman–Crippen MR) is 223 cm³/mol. The summed E-state index contributed by atoms with van der Waals surface area (Å²) < 4.78 is 8.87. The van der Waals surface area contributed by atoms with Crippen molar-refractivity contribution in [1.82, 2.24) is 4.57 Å². The van der Waals surface area contributed by atoms with E-state index in [9.17, 15) is 0 Å². The molecule has 0 amide bonds. The van der Waals surface area contributed by atoms with Gasteiger partial charge >= 0.3 is 0 Å². The largest absolute Gasteiger partial charge is 0.455 e. The maximum absolute atomic E-state index is 6.51. The van der Waals surface area contributed by atoms with Gasteiger partial charge in [0.05, 0.1) is 16.7 Å². The Labute approximate surface area is 306 Å². The monoisotopic (exact) mass is 676 g/mol. The number of para-hydroxylation sites is 2. The lowest BCUT2D eigenvalue weighted by Crippen LogP contribution is -2.10. The van der Waals surface area contributed by atoms with Crippen LogP contribution in [0, 0.1) is 0 Å². The Bertz CT molecular complexity index is 3160. The summed E-state index contributed by atoms with van der Waals surface area (Å²) in [5, 5.41) is 9.44. The van der Waals surface area contributed by atoms with Crippen molar-refractivity contribution in [3.05, 3.63) is 194 Å². The van der Waals surface area contributed by atoms with Crippen LogP contribution in [0.15, 0.2) is 199 Å². The van der Waals surface area contributed by atoms with E-state index in [0.717, 1.165) is 44.4 Å². The summed E-state index contributed by atoms with van der Waals surface area (Å²) >= 11 is 0. The molecule has 0 saturated heterocycles. The molecule has 248 valence electrons. The standard InChI is InChI=1S/C50H32N2O/c1-2-14-37(15-3-1)52-47-19-9-8-18-42(47)44-31-36(24-29-48(44)52)33-21-25-38(26-22-33)51(46-20-10-13-34-11-4-6-16-40(34)46)39-27-30-49-45(32-39)43-28-23-35-12-5-7-17-41(35)50(43)53-49/h1-32H. The van der Waals surface area contributed by atoms with E-state index in [-0.39, 0.29) is 0 Å². The third-order valence-corrected chi connectivity index (χ3v) is 10.8. The van der Waals surface area contributed by atoms with E-state index in [1.54, 1.807) is 0 Å². The van der Waals surface area contributed by atoms with Gasteiger partial charge in [0.25, 0.3) is 0 Å². The number of fused-ring (bicyclic) bond motifs is 9. The quantitative estimate of drug-likeness (QED) is 0.181. The van der Waals surface area contributed by atoms with Crippen LogP contribution in [0.1, 0.15) is 0 Å². The first-order valence-corrected chi connectivity index (χ1v) is 18.1. The van der Waals surface area contributed by atoms with E-state index in [0.29, 0.717) is 0 Å². The van der Waals surface area contributed by atoms with Gasteiger partial charge in [0.15, 0.2) is 0 Å². The van der Waals surface area contributed by atoms with E-state index in [1.807, 2.05) is 0 Å². The highest BCUT2D eigenvalue weighted by Gasteiger charge is 2.19.